The number of nitrogens with one attached hydrogen (secondary N) is 3. The fraction of sp³-hybridized carbons (Fsp3) is 0.467. The second-order valence-electron chi connectivity index (χ2n) is 5.67. The lowest BCUT2D eigenvalue weighted by atomic mass is 9.91. The zero-order valence-electron chi connectivity index (χ0n) is 13.2. The van der Waals surface area contributed by atoms with E-state index in [0.717, 1.165) is 31.6 Å². The molecule has 1 aromatic carbocycles. The summed E-state index contributed by atoms with van der Waals surface area (Å²) in [5.74, 6) is 0.296. The van der Waals surface area contributed by atoms with Gasteiger partial charge in [0.15, 0.2) is 0 Å². The molecule has 0 spiro atoms. The van der Waals surface area contributed by atoms with Crippen molar-refractivity contribution in [2.75, 3.05) is 18.4 Å². The van der Waals surface area contributed by atoms with Crippen molar-refractivity contribution >= 4 is 42.1 Å². The van der Waals surface area contributed by atoms with E-state index in [2.05, 4.69) is 27.8 Å². The highest BCUT2D eigenvalue weighted by Crippen LogP contribution is 2.27. The highest BCUT2D eigenvalue weighted by Gasteiger charge is 2.20. The number of rotatable bonds is 4. The highest BCUT2D eigenvalue weighted by atomic mass is 35.5. The number of benzene rings is 1. The SMILES string of the molecule is C[C@H](Nc1cc(Cl)cc(-c2n[nH]c(=O)o2)c1)C1CCNCC1.Cl.Cl. The molecule has 1 aliphatic rings. The van der Waals surface area contributed by atoms with Gasteiger partial charge in [0, 0.05) is 22.3 Å². The van der Waals surface area contributed by atoms with Crippen LogP contribution in [0.4, 0.5) is 5.69 Å². The van der Waals surface area contributed by atoms with Gasteiger partial charge in [-0.1, -0.05) is 11.6 Å². The van der Waals surface area contributed by atoms with Crippen LogP contribution in [0.1, 0.15) is 19.8 Å². The Bertz CT molecular complexity index is 698. The van der Waals surface area contributed by atoms with E-state index in [1.165, 1.54) is 0 Å². The quantitative estimate of drug-likeness (QED) is 0.739. The molecule has 1 aliphatic heterocycles. The van der Waals surface area contributed by atoms with Gasteiger partial charge in [0.1, 0.15) is 0 Å². The summed E-state index contributed by atoms with van der Waals surface area (Å²) in [6, 6.07) is 5.83. The maximum Gasteiger partial charge on any atom is 0.434 e. The number of hydrogen-bond acceptors (Lipinski definition) is 5. The largest absolute Gasteiger partial charge is 0.434 e. The fourth-order valence-corrected chi connectivity index (χ4v) is 3.11. The van der Waals surface area contributed by atoms with Crippen LogP contribution >= 0.6 is 36.4 Å². The molecule has 3 rings (SSSR count). The minimum Gasteiger partial charge on any atom is -0.388 e. The van der Waals surface area contributed by atoms with E-state index in [-0.39, 0.29) is 30.7 Å². The van der Waals surface area contributed by atoms with Gasteiger partial charge in [0.25, 0.3) is 0 Å². The molecule has 6 nitrogen and oxygen atoms in total. The Morgan fingerprint density at radius 1 is 1.29 bits per heavy atom. The van der Waals surface area contributed by atoms with Crippen molar-refractivity contribution < 1.29 is 4.42 Å². The number of piperidine rings is 1. The van der Waals surface area contributed by atoms with Crippen molar-refractivity contribution in [1.29, 1.82) is 0 Å². The van der Waals surface area contributed by atoms with Crippen LogP contribution in [0.25, 0.3) is 11.5 Å². The molecule has 0 bridgehead atoms. The number of anilines is 1. The van der Waals surface area contributed by atoms with E-state index >= 15 is 0 Å². The number of aromatic nitrogens is 2. The summed E-state index contributed by atoms with van der Waals surface area (Å²) in [6.07, 6.45) is 2.33. The molecule has 134 valence electrons. The Morgan fingerprint density at radius 3 is 2.62 bits per heavy atom. The monoisotopic (exact) mass is 394 g/mol. The molecule has 0 amide bonds. The molecule has 2 heterocycles. The average Bonchev–Trinajstić information content (AvgIpc) is 2.94. The molecule has 1 atom stereocenters. The molecule has 0 unspecified atom stereocenters. The van der Waals surface area contributed by atoms with Crippen molar-refractivity contribution in [2.45, 2.75) is 25.8 Å². The summed E-state index contributed by atoms with van der Waals surface area (Å²) < 4.78 is 4.98. The van der Waals surface area contributed by atoms with Gasteiger partial charge in [-0.15, -0.1) is 29.9 Å². The van der Waals surface area contributed by atoms with Gasteiger partial charge in [-0.3, -0.25) is 0 Å². The van der Waals surface area contributed by atoms with Gasteiger partial charge in [-0.25, -0.2) is 9.89 Å². The molecule has 1 aromatic heterocycles. The summed E-state index contributed by atoms with van der Waals surface area (Å²) in [5, 5.41) is 13.5. The maximum atomic E-state index is 11.1. The van der Waals surface area contributed by atoms with E-state index in [9.17, 15) is 4.79 Å². The van der Waals surface area contributed by atoms with Crippen LogP contribution in [0.15, 0.2) is 27.4 Å². The summed E-state index contributed by atoms with van der Waals surface area (Å²) in [4.78, 5) is 11.1. The molecular formula is C15H21Cl3N4O2. The van der Waals surface area contributed by atoms with Crippen molar-refractivity contribution in [3.05, 3.63) is 33.8 Å². The highest BCUT2D eigenvalue weighted by molar-refractivity contribution is 6.31. The van der Waals surface area contributed by atoms with E-state index < -0.39 is 5.76 Å². The third-order valence-electron chi connectivity index (χ3n) is 4.07. The van der Waals surface area contributed by atoms with Crippen LogP contribution in [0, 0.1) is 5.92 Å². The number of aromatic amines is 1. The Hall–Kier alpha value is -1.21. The smallest absolute Gasteiger partial charge is 0.388 e. The van der Waals surface area contributed by atoms with E-state index in [0.29, 0.717) is 22.5 Å². The molecule has 9 heteroatoms. The predicted molar refractivity (Wildman–Crippen MR) is 101 cm³/mol. The predicted octanol–water partition coefficient (Wildman–Crippen LogP) is 3.33. The molecule has 24 heavy (non-hydrogen) atoms. The molecule has 0 aliphatic carbocycles. The van der Waals surface area contributed by atoms with Crippen LogP contribution < -0.4 is 16.4 Å². The van der Waals surface area contributed by atoms with E-state index in [4.69, 9.17) is 16.0 Å². The second kappa shape index (κ2) is 9.32. The van der Waals surface area contributed by atoms with Crippen LogP contribution in [-0.2, 0) is 0 Å². The maximum absolute atomic E-state index is 11.1. The lowest BCUT2D eigenvalue weighted by Gasteiger charge is -2.29. The third kappa shape index (κ3) is 5.14. The Kier molecular flexibility index (Phi) is 8.09. The zero-order chi connectivity index (χ0) is 15.5. The van der Waals surface area contributed by atoms with Gasteiger partial charge < -0.3 is 15.1 Å². The van der Waals surface area contributed by atoms with E-state index in [1.807, 2.05) is 12.1 Å². The second-order valence-corrected chi connectivity index (χ2v) is 6.10. The first kappa shape index (κ1) is 20.8. The third-order valence-corrected chi connectivity index (χ3v) is 4.29. The summed E-state index contributed by atoms with van der Waals surface area (Å²) in [5.41, 5.74) is 1.57. The number of H-pyrrole nitrogens is 1. The molecule has 3 N–H and O–H groups in total. The van der Waals surface area contributed by atoms with E-state index in [1.54, 1.807) is 6.07 Å². The molecule has 0 radical (unpaired) electrons. The Balaban J connectivity index is 0.00000144. The molecule has 0 saturated carbocycles. The fourth-order valence-electron chi connectivity index (χ4n) is 2.87. The first-order valence-electron chi connectivity index (χ1n) is 7.45. The van der Waals surface area contributed by atoms with Gasteiger partial charge in [0.05, 0.1) is 0 Å². The lowest BCUT2D eigenvalue weighted by Crippen LogP contribution is -2.36. The molecule has 2 aromatic rings. The van der Waals surface area contributed by atoms with Gasteiger partial charge in [-0.2, -0.15) is 0 Å². The van der Waals surface area contributed by atoms with Crippen molar-refractivity contribution in [1.82, 2.24) is 15.5 Å². The van der Waals surface area contributed by atoms with Crippen LogP contribution in [0.3, 0.4) is 0 Å². The average molecular weight is 396 g/mol. The summed E-state index contributed by atoms with van der Waals surface area (Å²) in [6.45, 7) is 4.32. The summed E-state index contributed by atoms with van der Waals surface area (Å²) >= 11 is 6.17. The Labute approximate surface area is 157 Å². The number of nitrogens with zero attached hydrogens (tertiary/aromatic N) is 1. The van der Waals surface area contributed by atoms with Crippen molar-refractivity contribution in [3.8, 4) is 11.5 Å². The van der Waals surface area contributed by atoms with Crippen LogP contribution in [0.2, 0.25) is 5.02 Å². The Morgan fingerprint density at radius 2 is 2.00 bits per heavy atom. The number of hydrogen-bond donors (Lipinski definition) is 3. The standard InChI is InChI=1S/C15H19ClN4O2.2ClH/c1-9(10-2-4-17-5-3-10)18-13-7-11(6-12(16)8-13)14-19-20-15(21)22-14;;/h6-10,17-18H,2-5H2,1H3,(H,20,21);2*1H/t9-;;/m0../s1. The lowest BCUT2D eigenvalue weighted by molar-refractivity contribution is 0.343. The van der Waals surface area contributed by atoms with Gasteiger partial charge in [0.2, 0.25) is 5.89 Å². The first-order valence-corrected chi connectivity index (χ1v) is 7.83. The van der Waals surface area contributed by atoms with Crippen LogP contribution in [0.5, 0.6) is 0 Å². The summed E-state index contributed by atoms with van der Waals surface area (Å²) in [7, 11) is 0. The normalized spacial score (nSPS) is 15.9. The van der Waals surface area contributed by atoms with Crippen molar-refractivity contribution in [3.63, 3.8) is 0 Å². The topological polar surface area (TPSA) is 83.0 Å². The molecule has 1 fully saturated rings. The first-order chi connectivity index (χ1) is 10.6. The minimum absolute atomic E-state index is 0. The molecular weight excluding hydrogens is 375 g/mol. The van der Waals surface area contributed by atoms with Gasteiger partial charge in [-0.05, 0) is 57.0 Å². The minimum atomic E-state index is -0.576. The van der Waals surface area contributed by atoms with Crippen LogP contribution in [-0.4, -0.2) is 29.3 Å². The number of halogens is 3. The molecule has 1 saturated heterocycles. The van der Waals surface area contributed by atoms with Crippen molar-refractivity contribution in [2.24, 2.45) is 5.92 Å². The van der Waals surface area contributed by atoms with Gasteiger partial charge >= 0.3 is 5.76 Å². The zero-order valence-corrected chi connectivity index (χ0v) is 15.6.